The van der Waals surface area contributed by atoms with E-state index < -0.39 is 0 Å². The van der Waals surface area contributed by atoms with Gasteiger partial charge in [0.05, 0.1) is 19.7 Å². The lowest BCUT2D eigenvalue weighted by molar-refractivity contribution is 0.371. The number of hydrogen-bond donors (Lipinski definition) is 3. The van der Waals surface area contributed by atoms with E-state index in [0.29, 0.717) is 25.4 Å². The zero-order valence-electron chi connectivity index (χ0n) is 20.0. The van der Waals surface area contributed by atoms with Crippen LogP contribution in [0.25, 0.3) is 10.9 Å². The summed E-state index contributed by atoms with van der Waals surface area (Å²) >= 11 is 0. The van der Waals surface area contributed by atoms with Crippen LogP contribution >= 0.6 is 24.0 Å². The van der Waals surface area contributed by atoms with Crippen LogP contribution in [-0.4, -0.2) is 54.9 Å². The average Bonchev–Trinajstić information content (AvgIpc) is 3.42. The molecule has 0 aliphatic heterocycles. The highest BCUT2D eigenvalue weighted by Crippen LogP contribution is 2.31. The smallest absolute Gasteiger partial charge is 0.228 e. The van der Waals surface area contributed by atoms with Crippen LogP contribution in [0.1, 0.15) is 50.5 Å². The number of aromatic amines is 1. The molecular weight excluding hydrogens is 535 g/mol. The molecular formula is C23H35IN6O3. The van der Waals surface area contributed by atoms with Crippen molar-refractivity contribution in [2.24, 2.45) is 4.99 Å². The number of aliphatic imine (C=N–C) groups is 1. The molecule has 33 heavy (non-hydrogen) atoms. The average molecular weight is 570 g/mol. The molecule has 3 aromatic rings. The summed E-state index contributed by atoms with van der Waals surface area (Å²) in [6, 6.07) is 6.02. The van der Waals surface area contributed by atoms with Crippen molar-refractivity contribution < 1.29 is 14.0 Å². The Morgan fingerprint density at radius 2 is 1.97 bits per heavy atom. The molecule has 2 heterocycles. The predicted octanol–water partition coefficient (Wildman–Crippen LogP) is 4.04. The summed E-state index contributed by atoms with van der Waals surface area (Å²) in [5, 5.41) is 11.7. The second-order valence-electron chi connectivity index (χ2n) is 7.83. The van der Waals surface area contributed by atoms with Gasteiger partial charge in [-0.1, -0.05) is 19.0 Å². The van der Waals surface area contributed by atoms with E-state index in [1.807, 2.05) is 26.0 Å². The number of nitrogens with one attached hydrogen (secondary N) is 3. The summed E-state index contributed by atoms with van der Waals surface area (Å²) < 4.78 is 16.1. The Bertz CT molecular complexity index is 1030. The van der Waals surface area contributed by atoms with E-state index in [2.05, 4.69) is 43.7 Å². The van der Waals surface area contributed by atoms with Crippen molar-refractivity contribution in [3.8, 4) is 11.5 Å². The highest BCUT2D eigenvalue weighted by atomic mass is 127. The maximum absolute atomic E-state index is 5.50. The number of hydrogen-bond acceptors (Lipinski definition) is 6. The summed E-state index contributed by atoms with van der Waals surface area (Å²) in [7, 11) is 3.33. The van der Waals surface area contributed by atoms with E-state index in [0.717, 1.165) is 59.3 Å². The summed E-state index contributed by atoms with van der Waals surface area (Å²) in [6.07, 6.45) is 2.47. The Kier molecular flexibility index (Phi) is 10.8. The maximum Gasteiger partial charge on any atom is 0.228 e. The van der Waals surface area contributed by atoms with Crippen LogP contribution in [0.2, 0.25) is 0 Å². The van der Waals surface area contributed by atoms with E-state index in [1.54, 1.807) is 14.2 Å². The third-order valence-electron chi connectivity index (χ3n) is 5.03. The molecule has 0 saturated carbocycles. The number of fused-ring (bicyclic) bond motifs is 1. The normalized spacial score (nSPS) is 11.5. The third kappa shape index (κ3) is 7.51. The molecule has 0 atom stereocenters. The van der Waals surface area contributed by atoms with Crippen LogP contribution in [0.15, 0.2) is 27.7 Å². The fraction of sp³-hybridized carbons (Fsp3) is 0.522. The van der Waals surface area contributed by atoms with Gasteiger partial charge < -0.3 is 29.6 Å². The summed E-state index contributed by atoms with van der Waals surface area (Å²) in [5.41, 5.74) is 2.16. The molecule has 0 bridgehead atoms. The first-order valence-electron chi connectivity index (χ1n) is 11.1. The van der Waals surface area contributed by atoms with Gasteiger partial charge in [0.25, 0.3) is 0 Å². The van der Waals surface area contributed by atoms with Gasteiger partial charge in [0.1, 0.15) is 11.5 Å². The monoisotopic (exact) mass is 570 g/mol. The Labute approximate surface area is 212 Å². The standard InChI is InChI=1S/C23H34N6O3.HI/c1-6-24-23(26-11-9-21-28-22(15(2)3)29-32-21)25-10-7-8-16-12-18-19(27-16)13-17(30-4)14-20(18)31-5;/h12-15,27H,6-11H2,1-5H3,(H2,24,25,26);1H. The number of halogens is 1. The highest BCUT2D eigenvalue weighted by Gasteiger charge is 2.10. The summed E-state index contributed by atoms with van der Waals surface area (Å²) in [4.78, 5) is 12.5. The molecule has 182 valence electrons. The Morgan fingerprint density at radius 3 is 2.64 bits per heavy atom. The molecule has 0 radical (unpaired) electrons. The third-order valence-corrected chi connectivity index (χ3v) is 5.03. The first-order valence-corrected chi connectivity index (χ1v) is 11.1. The Morgan fingerprint density at radius 1 is 1.15 bits per heavy atom. The fourth-order valence-corrected chi connectivity index (χ4v) is 3.35. The van der Waals surface area contributed by atoms with Gasteiger partial charge in [-0.3, -0.25) is 4.99 Å². The van der Waals surface area contributed by atoms with Gasteiger partial charge in [0.2, 0.25) is 5.89 Å². The van der Waals surface area contributed by atoms with Crippen molar-refractivity contribution in [3.05, 3.63) is 35.6 Å². The van der Waals surface area contributed by atoms with E-state index in [9.17, 15) is 0 Å². The molecule has 0 spiro atoms. The number of H-pyrrole nitrogens is 1. The van der Waals surface area contributed by atoms with Crippen molar-refractivity contribution in [2.75, 3.05) is 33.9 Å². The highest BCUT2D eigenvalue weighted by molar-refractivity contribution is 14.0. The van der Waals surface area contributed by atoms with Crippen molar-refractivity contribution >= 4 is 40.8 Å². The van der Waals surface area contributed by atoms with Gasteiger partial charge in [0.15, 0.2) is 11.8 Å². The van der Waals surface area contributed by atoms with Crippen molar-refractivity contribution in [3.63, 3.8) is 0 Å². The molecule has 3 rings (SSSR count). The van der Waals surface area contributed by atoms with Gasteiger partial charge in [0, 0.05) is 55.2 Å². The van der Waals surface area contributed by atoms with Crippen molar-refractivity contribution in [1.82, 2.24) is 25.8 Å². The van der Waals surface area contributed by atoms with Crippen LogP contribution in [0.4, 0.5) is 0 Å². The van der Waals surface area contributed by atoms with Crippen molar-refractivity contribution in [2.45, 2.75) is 46.0 Å². The number of guanidine groups is 1. The molecule has 0 fully saturated rings. The lowest BCUT2D eigenvalue weighted by Gasteiger charge is -2.10. The topological polar surface area (TPSA) is 110 Å². The quantitative estimate of drug-likeness (QED) is 0.138. The number of ether oxygens (including phenoxy) is 2. The van der Waals surface area contributed by atoms with Crippen LogP contribution in [-0.2, 0) is 12.8 Å². The largest absolute Gasteiger partial charge is 0.497 e. The number of benzene rings is 1. The molecule has 2 aromatic heterocycles. The lowest BCUT2D eigenvalue weighted by atomic mass is 10.2. The molecule has 0 unspecified atom stereocenters. The number of nitrogens with zero attached hydrogens (tertiary/aromatic N) is 3. The van der Waals surface area contributed by atoms with E-state index in [-0.39, 0.29) is 29.9 Å². The van der Waals surface area contributed by atoms with Gasteiger partial charge in [-0.15, -0.1) is 24.0 Å². The minimum atomic E-state index is 0. The van der Waals surface area contributed by atoms with Gasteiger partial charge in [-0.25, -0.2) is 0 Å². The molecule has 0 aliphatic rings. The Hall–Kier alpha value is -2.50. The Balaban J connectivity index is 0.00000385. The van der Waals surface area contributed by atoms with Gasteiger partial charge in [-0.2, -0.15) is 4.98 Å². The van der Waals surface area contributed by atoms with Crippen LogP contribution in [0, 0.1) is 0 Å². The fourth-order valence-electron chi connectivity index (χ4n) is 3.35. The second-order valence-corrected chi connectivity index (χ2v) is 7.83. The zero-order valence-corrected chi connectivity index (χ0v) is 22.4. The maximum atomic E-state index is 5.50. The number of rotatable bonds is 11. The number of aromatic nitrogens is 3. The molecule has 0 amide bonds. The molecule has 0 saturated heterocycles. The lowest BCUT2D eigenvalue weighted by Crippen LogP contribution is -2.38. The van der Waals surface area contributed by atoms with Gasteiger partial charge >= 0.3 is 0 Å². The molecule has 3 N–H and O–H groups in total. The van der Waals surface area contributed by atoms with Crippen LogP contribution in [0.5, 0.6) is 11.5 Å². The summed E-state index contributed by atoms with van der Waals surface area (Å²) in [6.45, 7) is 8.33. The molecule has 1 aromatic carbocycles. The van der Waals surface area contributed by atoms with E-state index in [4.69, 9.17) is 14.0 Å². The SMILES string of the molecule is CCNC(=NCCCc1cc2c(OC)cc(OC)cc2[nH]1)NCCc1nc(C(C)C)no1.I. The molecule has 0 aliphatic carbocycles. The first kappa shape index (κ1) is 26.7. The molecule has 10 heteroatoms. The molecule has 9 nitrogen and oxygen atoms in total. The number of aryl methyl sites for hydroxylation is 1. The predicted molar refractivity (Wildman–Crippen MR) is 141 cm³/mol. The summed E-state index contributed by atoms with van der Waals surface area (Å²) in [5.74, 6) is 4.02. The van der Waals surface area contributed by atoms with E-state index in [1.165, 1.54) is 0 Å². The van der Waals surface area contributed by atoms with Crippen LogP contribution < -0.4 is 20.1 Å². The first-order chi connectivity index (χ1) is 15.5. The van der Waals surface area contributed by atoms with Crippen LogP contribution in [0.3, 0.4) is 0 Å². The van der Waals surface area contributed by atoms with Gasteiger partial charge in [-0.05, 0) is 25.8 Å². The van der Waals surface area contributed by atoms with E-state index >= 15 is 0 Å². The number of methoxy groups -OCH3 is 2. The zero-order chi connectivity index (χ0) is 22.9. The second kappa shape index (κ2) is 13.3. The van der Waals surface area contributed by atoms with Crippen molar-refractivity contribution in [1.29, 1.82) is 0 Å². The minimum absolute atomic E-state index is 0. The minimum Gasteiger partial charge on any atom is -0.497 e.